The molecule has 2 N–H and O–H groups in total. The zero-order valence-electron chi connectivity index (χ0n) is 13.9. The summed E-state index contributed by atoms with van der Waals surface area (Å²) in [6, 6.07) is 9.76. The largest absolute Gasteiger partial charge is 0.573 e. The van der Waals surface area contributed by atoms with E-state index in [4.69, 9.17) is 0 Å². The molecule has 0 atom stereocenters. The molecule has 7 nitrogen and oxygen atoms in total. The highest BCUT2D eigenvalue weighted by Gasteiger charge is 2.31. The van der Waals surface area contributed by atoms with Crippen molar-refractivity contribution in [2.75, 3.05) is 23.8 Å². The zero-order valence-corrected chi connectivity index (χ0v) is 14.7. The van der Waals surface area contributed by atoms with E-state index in [1.54, 1.807) is 0 Å². The molecule has 0 aliphatic rings. The number of carbonyl (C=O) groups excluding carboxylic acids is 1. The molecule has 0 saturated heterocycles. The molecule has 0 aromatic heterocycles. The van der Waals surface area contributed by atoms with Gasteiger partial charge in [-0.25, -0.2) is 8.42 Å². The second-order valence-corrected chi connectivity index (χ2v) is 6.87. The fourth-order valence-corrected chi connectivity index (χ4v) is 3.13. The van der Waals surface area contributed by atoms with Crippen molar-refractivity contribution in [3.05, 3.63) is 48.5 Å². The summed E-state index contributed by atoms with van der Waals surface area (Å²) in [6.45, 7) is -0.179. The van der Waals surface area contributed by atoms with Gasteiger partial charge < -0.3 is 14.8 Å². The lowest BCUT2D eigenvalue weighted by Crippen LogP contribution is -2.18. The van der Waals surface area contributed by atoms with Crippen molar-refractivity contribution in [2.24, 2.45) is 0 Å². The maximum absolute atomic E-state index is 12.4. The molecule has 0 bridgehead atoms. The van der Waals surface area contributed by atoms with E-state index in [1.165, 1.54) is 31.4 Å². The molecule has 1 amide bonds. The number of rotatable bonds is 7. The Morgan fingerprint density at radius 3 is 2.41 bits per heavy atom. The molecule has 0 heterocycles. The van der Waals surface area contributed by atoms with Crippen LogP contribution in [0.5, 0.6) is 5.75 Å². The monoisotopic (exact) mass is 404 g/mol. The highest BCUT2D eigenvalue weighted by Crippen LogP contribution is 2.26. The van der Waals surface area contributed by atoms with Crippen molar-refractivity contribution in [3.8, 4) is 5.75 Å². The Morgan fingerprint density at radius 1 is 1.07 bits per heavy atom. The van der Waals surface area contributed by atoms with Crippen LogP contribution in [-0.2, 0) is 19.6 Å². The molecular weight excluding hydrogens is 389 g/mol. The lowest BCUT2D eigenvalue weighted by molar-refractivity contribution is -0.274. The molecule has 0 fully saturated rings. The SMILES string of the molecule is COCC(=O)Nc1cccc(NS(=O)(=O)c2cccc(OC(F)(F)F)c2)c1. The van der Waals surface area contributed by atoms with Gasteiger partial charge in [-0.05, 0) is 30.3 Å². The first kappa shape index (κ1) is 20.5. The Kier molecular flexibility index (Phi) is 6.28. The molecule has 2 aromatic carbocycles. The number of methoxy groups -OCH3 is 1. The molecule has 0 aliphatic heterocycles. The number of halogens is 3. The highest BCUT2D eigenvalue weighted by atomic mass is 32.2. The zero-order chi connectivity index (χ0) is 20.1. The number of ether oxygens (including phenoxy) is 2. The Bertz CT molecular complexity index is 916. The Labute approximate surface area is 153 Å². The van der Waals surface area contributed by atoms with Gasteiger partial charge in [0.25, 0.3) is 10.0 Å². The van der Waals surface area contributed by atoms with Gasteiger partial charge in [0, 0.05) is 18.9 Å². The predicted octanol–water partition coefficient (Wildman–Crippen LogP) is 2.97. The van der Waals surface area contributed by atoms with Crippen LogP contribution >= 0.6 is 0 Å². The molecule has 2 aromatic rings. The number of benzene rings is 2. The molecular formula is C16H15F3N2O5S. The van der Waals surface area contributed by atoms with Crippen molar-refractivity contribution in [3.63, 3.8) is 0 Å². The Hall–Kier alpha value is -2.79. The first-order chi connectivity index (χ1) is 12.6. The van der Waals surface area contributed by atoms with Crippen LogP contribution in [0.15, 0.2) is 53.4 Å². The number of anilines is 2. The topological polar surface area (TPSA) is 93.7 Å². The number of carbonyl (C=O) groups is 1. The van der Waals surface area contributed by atoms with Gasteiger partial charge >= 0.3 is 6.36 Å². The molecule has 0 spiro atoms. The fourth-order valence-electron chi connectivity index (χ4n) is 2.04. The molecule has 27 heavy (non-hydrogen) atoms. The van der Waals surface area contributed by atoms with E-state index in [2.05, 4.69) is 19.5 Å². The van der Waals surface area contributed by atoms with Crippen molar-refractivity contribution in [2.45, 2.75) is 11.3 Å². The number of hydrogen-bond donors (Lipinski definition) is 2. The van der Waals surface area contributed by atoms with Crippen molar-refractivity contribution >= 4 is 27.3 Å². The van der Waals surface area contributed by atoms with Crippen LogP contribution in [0, 0.1) is 0 Å². The second kappa shape index (κ2) is 8.27. The normalized spacial score (nSPS) is 11.7. The van der Waals surface area contributed by atoms with Crippen LogP contribution in [0.3, 0.4) is 0 Å². The minimum atomic E-state index is -4.94. The van der Waals surface area contributed by atoms with Crippen LogP contribution in [0.2, 0.25) is 0 Å². The first-order valence-electron chi connectivity index (χ1n) is 7.36. The van der Waals surface area contributed by atoms with Gasteiger partial charge in [-0.15, -0.1) is 13.2 Å². The van der Waals surface area contributed by atoms with Gasteiger partial charge in [0.1, 0.15) is 12.4 Å². The summed E-state index contributed by atoms with van der Waals surface area (Å²) in [7, 11) is -2.83. The lowest BCUT2D eigenvalue weighted by atomic mass is 10.3. The van der Waals surface area contributed by atoms with E-state index >= 15 is 0 Å². The summed E-state index contributed by atoms with van der Waals surface area (Å²) in [4.78, 5) is 11.1. The van der Waals surface area contributed by atoms with Crippen molar-refractivity contribution < 1.29 is 35.9 Å². The summed E-state index contributed by atoms with van der Waals surface area (Å²) in [5, 5.41) is 2.50. The molecule has 11 heteroatoms. The van der Waals surface area contributed by atoms with Crippen LogP contribution in [0.25, 0.3) is 0 Å². The summed E-state index contributed by atoms with van der Waals surface area (Å²) in [5.74, 6) is -1.10. The molecule has 0 saturated carbocycles. The Balaban J connectivity index is 2.19. The third kappa shape index (κ3) is 6.46. The summed E-state index contributed by atoms with van der Waals surface area (Å²) in [6.07, 6.45) is -4.94. The van der Waals surface area contributed by atoms with E-state index in [0.717, 1.165) is 24.3 Å². The summed E-state index contributed by atoms with van der Waals surface area (Å²) >= 11 is 0. The fraction of sp³-hybridized carbons (Fsp3) is 0.188. The van der Waals surface area contributed by atoms with Gasteiger partial charge in [-0.1, -0.05) is 12.1 Å². The minimum Gasteiger partial charge on any atom is -0.406 e. The average Bonchev–Trinajstić information content (AvgIpc) is 2.53. The second-order valence-electron chi connectivity index (χ2n) is 5.19. The molecule has 146 valence electrons. The summed E-state index contributed by atoms with van der Waals surface area (Å²) < 4.78 is 72.3. The lowest BCUT2D eigenvalue weighted by Gasteiger charge is -2.12. The third-order valence-corrected chi connectivity index (χ3v) is 4.40. The van der Waals surface area contributed by atoms with Gasteiger partial charge in [0.15, 0.2) is 0 Å². The van der Waals surface area contributed by atoms with Gasteiger partial charge in [0.05, 0.1) is 10.6 Å². The van der Waals surface area contributed by atoms with Crippen LogP contribution in [-0.4, -0.2) is 34.4 Å². The number of alkyl halides is 3. The number of amides is 1. The van der Waals surface area contributed by atoms with E-state index in [9.17, 15) is 26.4 Å². The number of nitrogens with one attached hydrogen (secondary N) is 2. The van der Waals surface area contributed by atoms with E-state index in [0.29, 0.717) is 5.69 Å². The quantitative estimate of drug-likeness (QED) is 0.740. The molecule has 2 rings (SSSR count). The summed E-state index contributed by atoms with van der Waals surface area (Å²) in [5.41, 5.74) is 0.416. The first-order valence-corrected chi connectivity index (χ1v) is 8.85. The Morgan fingerprint density at radius 2 is 1.74 bits per heavy atom. The van der Waals surface area contributed by atoms with Crippen molar-refractivity contribution in [1.82, 2.24) is 0 Å². The van der Waals surface area contributed by atoms with Crippen LogP contribution in [0.4, 0.5) is 24.5 Å². The molecule has 0 aliphatic carbocycles. The maximum Gasteiger partial charge on any atom is 0.573 e. The smallest absolute Gasteiger partial charge is 0.406 e. The third-order valence-electron chi connectivity index (χ3n) is 3.02. The highest BCUT2D eigenvalue weighted by molar-refractivity contribution is 7.92. The molecule has 0 unspecified atom stereocenters. The van der Waals surface area contributed by atoms with E-state index < -0.39 is 32.9 Å². The van der Waals surface area contributed by atoms with Gasteiger partial charge in [-0.2, -0.15) is 0 Å². The predicted molar refractivity (Wildman–Crippen MR) is 90.9 cm³/mol. The van der Waals surface area contributed by atoms with E-state index in [1.807, 2.05) is 0 Å². The minimum absolute atomic E-state index is 0.104. The van der Waals surface area contributed by atoms with Gasteiger partial charge in [0.2, 0.25) is 5.91 Å². The molecule has 0 radical (unpaired) electrons. The number of hydrogen-bond acceptors (Lipinski definition) is 5. The average molecular weight is 404 g/mol. The number of sulfonamides is 1. The van der Waals surface area contributed by atoms with Crippen LogP contribution in [0.1, 0.15) is 0 Å². The standard InChI is InChI=1S/C16H15F3N2O5S/c1-25-10-15(22)20-11-4-2-5-12(8-11)21-27(23,24)14-7-3-6-13(9-14)26-16(17,18)19/h2-9,21H,10H2,1H3,(H,20,22). The van der Waals surface area contributed by atoms with Gasteiger partial charge in [-0.3, -0.25) is 9.52 Å². The van der Waals surface area contributed by atoms with Crippen LogP contribution < -0.4 is 14.8 Å². The van der Waals surface area contributed by atoms with Crippen molar-refractivity contribution in [1.29, 1.82) is 0 Å². The van der Waals surface area contributed by atoms with E-state index in [-0.39, 0.29) is 12.3 Å². The maximum atomic E-state index is 12.4.